The molecule has 20 heavy (non-hydrogen) atoms. The summed E-state index contributed by atoms with van der Waals surface area (Å²) in [5.41, 5.74) is 1.43. The molecule has 1 rings (SSSR count). The average Bonchev–Trinajstić information content (AvgIpc) is 2.42. The molecule has 0 bridgehead atoms. The molecule has 0 radical (unpaired) electrons. The summed E-state index contributed by atoms with van der Waals surface area (Å²) in [6, 6.07) is 9.28. The lowest BCUT2D eigenvalue weighted by molar-refractivity contribution is -0.00443. The van der Waals surface area contributed by atoms with Crippen molar-refractivity contribution in [2.24, 2.45) is 5.92 Å². The molecule has 0 aliphatic heterocycles. The van der Waals surface area contributed by atoms with Crippen molar-refractivity contribution in [1.29, 1.82) is 5.26 Å². The summed E-state index contributed by atoms with van der Waals surface area (Å²) in [5, 5.41) is 21.8. The number of nitriles is 1. The first-order valence-electron chi connectivity index (χ1n) is 7.05. The van der Waals surface area contributed by atoms with Crippen molar-refractivity contribution in [3.63, 3.8) is 0 Å². The fraction of sp³-hybridized carbons (Fsp3) is 0.562. The summed E-state index contributed by atoms with van der Waals surface area (Å²) in [6.45, 7) is 7.05. The second-order valence-electron chi connectivity index (χ2n) is 5.50. The van der Waals surface area contributed by atoms with E-state index in [4.69, 9.17) is 10.00 Å². The summed E-state index contributed by atoms with van der Waals surface area (Å²) in [4.78, 5) is 0. The van der Waals surface area contributed by atoms with Crippen LogP contribution in [0.3, 0.4) is 0 Å². The molecular formula is C16H24N2O2. The Balaban J connectivity index is 2.29. The molecule has 110 valence electrons. The Bertz CT molecular complexity index is 440. The molecule has 0 saturated carbocycles. The Morgan fingerprint density at radius 2 is 2.10 bits per heavy atom. The van der Waals surface area contributed by atoms with Crippen molar-refractivity contribution in [2.45, 2.75) is 39.4 Å². The lowest BCUT2D eigenvalue weighted by Gasteiger charge is -2.18. The van der Waals surface area contributed by atoms with Crippen LogP contribution in [-0.2, 0) is 4.74 Å². The van der Waals surface area contributed by atoms with Crippen molar-refractivity contribution in [2.75, 3.05) is 18.5 Å². The number of hydrogen-bond acceptors (Lipinski definition) is 4. The van der Waals surface area contributed by atoms with Gasteiger partial charge in [0.2, 0.25) is 0 Å². The third-order valence-corrected chi connectivity index (χ3v) is 2.91. The van der Waals surface area contributed by atoms with Gasteiger partial charge in [-0.3, -0.25) is 0 Å². The maximum atomic E-state index is 9.87. The van der Waals surface area contributed by atoms with Crippen LogP contribution in [0.2, 0.25) is 0 Å². The number of nitrogens with zero attached hydrogens (tertiary/aromatic N) is 1. The van der Waals surface area contributed by atoms with Crippen LogP contribution in [0.15, 0.2) is 24.3 Å². The van der Waals surface area contributed by atoms with Crippen LogP contribution in [0.25, 0.3) is 0 Å². The summed E-state index contributed by atoms with van der Waals surface area (Å²) in [7, 11) is 0. The fourth-order valence-corrected chi connectivity index (χ4v) is 2.00. The van der Waals surface area contributed by atoms with Gasteiger partial charge in [-0.2, -0.15) is 5.26 Å². The van der Waals surface area contributed by atoms with E-state index in [0.29, 0.717) is 24.6 Å². The Labute approximate surface area is 121 Å². The van der Waals surface area contributed by atoms with E-state index in [1.165, 1.54) is 0 Å². The normalized spacial score (nSPS) is 13.8. The fourth-order valence-electron chi connectivity index (χ4n) is 2.00. The number of rotatable bonds is 8. The van der Waals surface area contributed by atoms with E-state index in [1.807, 2.05) is 19.1 Å². The van der Waals surface area contributed by atoms with E-state index in [9.17, 15) is 5.11 Å². The van der Waals surface area contributed by atoms with Gasteiger partial charge in [-0.15, -0.1) is 0 Å². The zero-order chi connectivity index (χ0) is 15.0. The number of aliphatic hydroxyl groups excluding tert-OH is 1. The summed E-state index contributed by atoms with van der Waals surface area (Å²) >= 11 is 0. The lowest BCUT2D eigenvalue weighted by Crippen LogP contribution is -2.27. The first kappa shape index (κ1) is 16.5. The van der Waals surface area contributed by atoms with Crippen LogP contribution >= 0.6 is 0 Å². The third kappa shape index (κ3) is 6.55. The number of aliphatic hydroxyl groups is 1. The molecule has 0 spiro atoms. The molecule has 0 aromatic heterocycles. The standard InChI is InChI=1S/C16H24N2O2/c1-12(2)7-13(3)20-11-16(19)10-18-15-6-4-5-14(8-15)9-17/h4-6,8,12-13,16,18-19H,7,10-11H2,1-3H3. The SMILES string of the molecule is CC(C)CC(C)OCC(O)CNc1cccc(C#N)c1. The van der Waals surface area contributed by atoms with Crippen LogP contribution < -0.4 is 5.32 Å². The number of benzene rings is 1. The van der Waals surface area contributed by atoms with Gasteiger partial charge in [0.05, 0.1) is 30.4 Å². The molecular weight excluding hydrogens is 252 g/mol. The minimum atomic E-state index is -0.560. The average molecular weight is 276 g/mol. The first-order chi connectivity index (χ1) is 9.51. The molecule has 0 fully saturated rings. The summed E-state index contributed by atoms with van der Waals surface area (Å²) in [5.74, 6) is 0.592. The molecule has 0 heterocycles. The number of ether oxygens (including phenoxy) is 1. The van der Waals surface area contributed by atoms with Crippen LogP contribution in [0, 0.1) is 17.2 Å². The van der Waals surface area contributed by atoms with E-state index in [0.717, 1.165) is 12.1 Å². The van der Waals surface area contributed by atoms with Crippen molar-refractivity contribution < 1.29 is 9.84 Å². The quantitative estimate of drug-likeness (QED) is 0.766. The predicted octanol–water partition coefficient (Wildman–Crippen LogP) is 2.78. The molecule has 2 atom stereocenters. The monoisotopic (exact) mass is 276 g/mol. The molecule has 1 aromatic carbocycles. The third-order valence-electron chi connectivity index (χ3n) is 2.91. The maximum Gasteiger partial charge on any atom is 0.0992 e. The predicted molar refractivity (Wildman–Crippen MR) is 80.5 cm³/mol. The molecule has 2 N–H and O–H groups in total. The van der Waals surface area contributed by atoms with Crippen molar-refractivity contribution in [1.82, 2.24) is 0 Å². The van der Waals surface area contributed by atoms with E-state index >= 15 is 0 Å². The van der Waals surface area contributed by atoms with Crippen molar-refractivity contribution in [3.8, 4) is 6.07 Å². The minimum absolute atomic E-state index is 0.159. The van der Waals surface area contributed by atoms with Gasteiger partial charge < -0.3 is 15.2 Å². The van der Waals surface area contributed by atoms with E-state index < -0.39 is 6.10 Å². The summed E-state index contributed by atoms with van der Waals surface area (Å²) in [6.07, 6.45) is 0.589. The van der Waals surface area contributed by atoms with Gasteiger partial charge in [0, 0.05) is 12.2 Å². The molecule has 2 unspecified atom stereocenters. The Morgan fingerprint density at radius 1 is 1.35 bits per heavy atom. The van der Waals surface area contributed by atoms with Crippen LogP contribution in [-0.4, -0.2) is 30.5 Å². The largest absolute Gasteiger partial charge is 0.389 e. The summed E-state index contributed by atoms with van der Waals surface area (Å²) < 4.78 is 5.61. The van der Waals surface area contributed by atoms with E-state index in [2.05, 4.69) is 25.2 Å². The van der Waals surface area contributed by atoms with Crippen LogP contribution in [0.1, 0.15) is 32.8 Å². The highest BCUT2D eigenvalue weighted by Crippen LogP contribution is 2.10. The Kier molecular flexibility index (Phi) is 7.06. The van der Waals surface area contributed by atoms with Crippen molar-refractivity contribution >= 4 is 5.69 Å². The number of anilines is 1. The van der Waals surface area contributed by atoms with Gasteiger partial charge in [0.1, 0.15) is 0 Å². The highest BCUT2D eigenvalue weighted by Gasteiger charge is 2.09. The van der Waals surface area contributed by atoms with Gasteiger partial charge >= 0.3 is 0 Å². The molecule has 0 amide bonds. The van der Waals surface area contributed by atoms with Gasteiger partial charge in [-0.25, -0.2) is 0 Å². The van der Waals surface area contributed by atoms with E-state index in [-0.39, 0.29) is 6.10 Å². The minimum Gasteiger partial charge on any atom is -0.389 e. The van der Waals surface area contributed by atoms with Crippen LogP contribution in [0.4, 0.5) is 5.69 Å². The zero-order valence-electron chi connectivity index (χ0n) is 12.5. The van der Waals surface area contributed by atoms with Crippen LogP contribution in [0.5, 0.6) is 0 Å². The van der Waals surface area contributed by atoms with Gasteiger partial charge in [0.15, 0.2) is 0 Å². The van der Waals surface area contributed by atoms with Crippen molar-refractivity contribution in [3.05, 3.63) is 29.8 Å². The number of nitrogens with one attached hydrogen (secondary N) is 1. The molecule has 4 heteroatoms. The molecule has 4 nitrogen and oxygen atoms in total. The Morgan fingerprint density at radius 3 is 2.75 bits per heavy atom. The molecule has 0 aliphatic rings. The molecule has 0 saturated heterocycles. The first-order valence-corrected chi connectivity index (χ1v) is 7.05. The molecule has 0 aliphatic carbocycles. The number of hydrogen-bond donors (Lipinski definition) is 2. The zero-order valence-corrected chi connectivity index (χ0v) is 12.5. The second kappa shape index (κ2) is 8.57. The van der Waals surface area contributed by atoms with Gasteiger partial charge in [-0.05, 0) is 37.5 Å². The maximum absolute atomic E-state index is 9.87. The smallest absolute Gasteiger partial charge is 0.0992 e. The Hall–Kier alpha value is -1.57. The topological polar surface area (TPSA) is 65.3 Å². The van der Waals surface area contributed by atoms with Gasteiger partial charge in [0.25, 0.3) is 0 Å². The second-order valence-corrected chi connectivity index (χ2v) is 5.50. The lowest BCUT2D eigenvalue weighted by atomic mass is 10.1. The highest BCUT2D eigenvalue weighted by atomic mass is 16.5. The van der Waals surface area contributed by atoms with E-state index in [1.54, 1.807) is 12.1 Å². The molecule has 1 aromatic rings. The highest BCUT2D eigenvalue weighted by molar-refractivity contribution is 5.49. The van der Waals surface area contributed by atoms with Gasteiger partial charge in [-0.1, -0.05) is 19.9 Å².